The monoisotopic (exact) mass is 1040 g/mol. The van der Waals surface area contributed by atoms with Gasteiger partial charge in [-0.05, 0) is 51.4 Å². The van der Waals surface area contributed by atoms with E-state index in [-0.39, 0.29) is 5.75 Å². The lowest BCUT2D eigenvalue weighted by molar-refractivity contribution is -0.929. The van der Waals surface area contributed by atoms with Crippen LogP contribution in [-0.4, -0.2) is 49.4 Å². The Kier molecular flexibility index (Phi) is 60.0. The average molecular weight is 1040 g/mol. The molecule has 0 fully saturated rings. The van der Waals surface area contributed by atoms with Gasteiger partial charge in [-0.1, -0.05) is 348 Å². The van der Waals surface area contributed by atoms with Crippen LogP contribution in [0, 0.1) is 0 Å². The highest BCUT2D eigenvalue weighted by Crippen LogP contribution is 2.23. The lowest BCUT2D eigenvalue weighted by Gasteiger charge is -2.40. The molecule has 0 bridgehead atoms. The van der Waals surface area contributed by atoms with E-state index in [0.717, 1.165) is 13.0 Å². The maximum absolute atomic E-state index is 11.6. The van der Waals surface area contributed by atoms with Crippen molar-refractivity contribution < 1.29 is 17.5 Å². The Balaban J connectivity index is 4.68. The van der Waals surface area contributed by atoms with Crippen molar-refractivity contribution in [1.29, 1.82) is 0 Å². The normalized spacial score (nSPS) is 12.2. The molecule has 0 unspecified atom stereocenters. The zero-order chi connectivity index (χ0) is 52.3. The van der Waals surface area contributed by atoms with E-state index in [1.54, 1.807) is 0 Å². The first-order valence-corrected chi connectivity index (χ1v) is 35.8. The summed E-state index contributed by atoms with van der Waals surface area (Å²) in [7, 11) is -4.14. The summed E-state index contributed by atoms with van der Waals surface area (Å²) in [4.78, 5) is 0. The lowest BCUT2D eigenvalue weighted by atomic mass is 10.0. The van der Waals surface area contributed by atoms with Crippen LogP contribution in [0.25, 0.3) is 0 Å². The molecule has 0 radical (unpaired) electrons. The van der Waals surface area contributed by atoms with Crippen LogP contribution in [0.15, 0.2) is 0 Å². The molecular weight excluding hydrogens is 899 g/mol. The summed E-state index contributed by atoms with van der Waals surface area (Å²) in [5, 5.41) is 0. The van der Waals surface area contributed by atoms with Gasteiger partial charge in [0.05, 0.1) is 36.3 Å². The van der Waals surface area contributed by atoms with Crippen molar-refractivity contribution in [3.05, 3.63) is 0 Å². The van der Waals surface area contributed by atoms with E-state index in [4.69, 9.17) is 0 Å². The molecule has 0 aliphatic carbocycles. The molecule has 0 aliphatic rings. The largest absolute Gasteiger partial charge is 0.748 e. The molecule has 0 amide bonds. The van der Waals surface area contributed by atoms with E-state index >= 15 is 0 Å². The fourth-order valence-corrected chi connectivity index (χ4v) is 12.5. The summed E-state index contributed by atoms with van der Waals surface area (Å²) < 4.78 is 35.9. The second-order valence-corrected chi connectivity index (χ2v) is 25.8. The predicted molar refractivity (Wildman–Crippen MR) is 324 cm³/mol. The highest BCUT2D eigenvalue weighted by Gasteiger charge is 2.26. The van der Waals surface area contributed by atoms with E-state index < -0.39 is 10.1 Å². The molecule has 0 aliphatic heterocycles. The second-order valence-electron chi connectivity index (χ2n) is 24.3. The molecule has 0 saturated carbocycles. The van der Waals surface area contributed by atoms with Crippen molar-refractivity contribution in [1.82, 2.24) is 0 Å². The Hall–Kier alpha value is -0.130. The number of rotatable bonds is 65. The highest BCUT2D eigenvalue weighted by atomic mass is 32.2. The maximum atomic E-state index is 11.6. The van der Waals surface area contributed by atoms with E-state index in [1.807, 2.05) is 0 Å². The average Bonchev–Trinajstić information content (AvgIpc) is 3.37. The molecule has 434 valence electrons. The van der Waals surface area contributed by atoms with Gasteiger partial charge in [0.2, 0.25) is 0 Å². The highest BCUT2D eigenvalue weighted by molar-refractivity contribution is 7.85. The standard InChI is InChI=1S/C67H137NO3S/c1-4-7-10-13-16-19-22-25-28-31-34-37-40-43-46-49-52-55-58-63-68(66-61-62-67-72(69,70)71,64-59-56-53-50-47-44-41-38-35-32-29-26-23-20-17-14-11-8-5-2)65-60-57-54-51-48-45-42-39-36-33-30-27-24-21-18-15-12-9-6-3/h4-67H2,1-3H3. The van der Waals surface area contributed by atoms with Crippen LogP contribution in [0.5, 0.6) is 0 Å². The van der Waals surface area contributed by atoms with Gasteiger partial charge in [-0.2, -0.15) is 0 Å². The van der Waals surface area contributed by atoms with Crippen LogP contribution in [0.1, 0.15) is 400 Å². The Bertz CT molecular complexity index is 992. The molecule has 0 heterocycles. The van der Waals surface area contributed by atoms with Crippen LogP contribution in [0.4, 0.5) is 0 Å². The quantitative estimate of drug-likeness (QED) is 0.0346. The van der Waals surface area contributed by atoms with Crippen molar-refractivity contribution in [2.75, 3.05) is 31.9 Å². The minimum Gasteiger partial charge on any atom is -0.748 e. The van der Waals surface area contributed by atoms with Gasteiger partial charge >= 0.3 is 0 Å². The van der Waals surface area contributed by atoms with Gasteiger partial charge in [0, 0.05) is 5.75 Å². The molecule has 0 spiro atoms. The van der Waals surface area contributed by atoms with Crippen molar-refractivity contribution in [2.24, 2.45) is 0 Å². The topological polar surface area (TPSA) is 57.2 Å². The summed E-state index contributed by atoms with van der Waals surface area (Å²) in [6, 6.07) is 0. The van der Waals surface area contributed by atoms with Gasteiger partial charge in [-0.15, -0.1) is 0 Å². The Morgan fingerprint density at radius 2 is 0.333 bits per heavy atom. The molecule has 72 heavy (non-hydrogen) atoms. The first-order valence-electron chi connectivity index (χ1n) is 34.2. The number of hydrogen-bond acceptors (Lipinski definition) is 3. The maximum Gasteiger partial charge on any atom is 0.0945 e. The summed E-state index contributed by atoms with van der Waals surface area (Å²) in [5.74, 6) is -0.190. The fraction of sp³-hybridized carbons (Fsp3) is 1.00. The smallest absolute Gasteiger partial charge is 0.0945 e. The molecule has 0 saturated heterocycles. The van der Waals surface area contributed by atoms with Gasteiger partial charge in [-0.3, -0.25) is 0 Å². The molecule has 0 aromatic rings. The summed E-state index contributed by atoms with van der Waals surface area (Å²) >= 11 is 0. The van der Waals surface area contributed by atoms with E-state index in [2.05, 4.69) is 20.8 Å². The van der Waals surface area contributed by atoms with Crippen molar-refractivity contribution >= 4 is 10.1 Å². The van der Waals surface area contributed by atoms with Gasteiger partial charge in [0.25, 0.3) is 0 Å². The van der Waals surface area contributed by atoms with E-state index in [0.29, 0.717) is 6.42 Å². The van der Waals surface area contributed by atoms with E-state index in [1.165, 1.54) is 390 Å². The number of hydrogen-bond donors (Lipinski definition) is 0. The van der Waals surface area contributed by atoms with E-state index in [9.17, 15) is 13.0 Å². The first-order chi connectivity index (χ1) is 35.4. The number of unbranched alkanes of at least 4 members (excludes halogenated alkanes) is 55. The van der Waals surface area contributed by atoms with Crippen LogP contribution in [0.3, 0.4) is 0 Å². The number of nitrogens with zero attached hydrogens (tertiary/aromatic N) is 1. The zero-order valence-electron chi connectivity index (χ0n) is 50.3. The summed E-state index contributed by atoms with van der Waals surface area (Å²) in [6.07, 6.45) is 82.1. The Labute approximate surface area is 456 Å². The van der Waals surface area contributed by atoms with Crippen molar-refractivity contribution in [3.8, 4) is 0 Å². The van der Waals surface area contributed by atoms with Gasteiger partial charge in [-0.25, -0.2) is 8.42 Å². The minimum absolute atomic E-state index is 0.190. The SMILES string of the molecule is CCCCCCCCCCCCCCCCCCCCC[N+](CCCCCCCCCCCCCCCCCCCCC)(CCCCCCCCCCCCCCCCCCCCC)CCCCS(=O)(=O)[O-]. The molecule has 0 aromatic heterocycles. The molecule has 0 N–H and O–H groups in total. The molecule has 4 nitrogen and oxygen atoms in total. The second kappa shape index (κ2) is 60.1. The first kappa shape index (κ1) is 71.9. The molecule has 0 aromatic carbocycles. The minimum atomic E-state index is -4.14. The molecule has 0 rings (SSSR count). The fourth-order valence-electron chi connectivity index (χ4n) is 12.0. The molecule has 0 atom stereocenters. The predicted octanol–water partition coefficient (Wildman–Crippen LogP) is 23.4. The van der Waals surface area contributed by atoms with Crippen LogP contribution in [-0.2, 0) is 10.1 Å². The third kappa shape index (κ3) is 59.1. The zero-order valence-corrected chi connectivity index (χ0v) is 51.2. The third-order valence-corrected chi connectivity index (χ3v) is 17.8. The van der Waals surface area contributed by atoms with Gasteiger partial charge < -0.3 is 9.04 Å². The van der Waals surface area contributed by atoms with Crippen LogP contribution in [0.2, 0.25) is 0 Å². The lowest BCUT2D eigenvalue weighted by Crippen LogP contribution is -2.51. The van der Waals surface area contributed by atoms with Crippen molar-refractivity contribution in [3.63, 3.8) is 0 Å². The van der Waals surface area contributed by atoms with Crippen LogP contribution < -0.4 is 0 Å². The summed E-state index contributed by atoms with van der Waals surface area (Å²) in [6.45, 7) is 11.7. The van der Waals surface area contributed by atoms with Crippen LogP contribution >= 0.6 is 0 Å². The van der Waals surface area contributed by atoms with Crippen molar-refractivity contribution in [2.45, 2.75) is 400 Å². The third-order valence-electron chi connectivity index (χ3n) is 17.0. The number of quaternary nitrogens is 1. The Morgan fingerprint density at radius 1 is 0.208 bits per heavy atom. The summed E-state index contributed by atoms with van der Waals surface area (Å²) in [5.41, 5.74) is 0. The Morgan fingerprint density at radius 3 is 0.472 bits per heavy atom. The van der Waals surface area contributed by atoms with Gasteiger partial charge in [0.15, 0.2) is 0 Å². The molecular formula is C67H137NO3S. The van der Waals surface area contributed by atoms with Gasteiger partial charge in [0.1, 0.15) is 0 Å². The molecule has 5 heteroatoms.